The Kier molecular flexibility index (Phi) is 15.5. The number of rotatable bonds is 14. The number of carbonyl (C=O) groups excluding carboxylic acids is 1. The Morgan fingerprint density at radius 1 is 0.797 bits per heavy atom. The maximum atomic E-state index is 12.1. The summed E-state index contributed by atoms with van der Waals surface area (Å²) in [5.74, 6) is -5.85. The number of hydrogen-bond acceptors (Lipinski definition) is 17. The number of hydrogen-bond donors (Lipinski definition) is 7. The number of nitrogens with one attached hydrogen (secondary N) is 3. The van der Waals surface area contributed by atoms with Crippen LogP contribution in [0, 0.1) is 0 Å². The third-order valence-electron chi connectivity index (χ3n) is 9.78. The number of carbonyl (C=O) groups is 1. The van der Waals surface area contributed by atoms with Gasteiger partial charge in [0, 0.05) is 137 Å². The molecule has 10 rings (SSSR count). The van der Waals surface area contributed by atoms with Crippen LogP contribution in [0.1, 0.15) is 56.2 Å². The Bertz CT molecular complexity index is 4470. The van der Waals surface area contributed by atoms with E-state index >= 15 is 0 Å². The number of alkyl halides is 1. The molecule has 0 saturated carbocycles. The number of nitrogens with zero attached hydrogens (tertiary/aromatic N) is 3. The van der Waals surface area contributed by atoms with Gasteiger partial charge in [-0.05, 0) is 100 Å². The average molecular weight is 1210 g/mol. The van der Waals surface area contributed by atoms with Crippen LogP contribution in [0.15, 0.2) is 129 Å². The fourth-order valence-corrected chi connectivity index (χ4v) is 8.28. The van der Waals surface area contributed by atoms with E-state index in [-0.39, 0.29) is 161 Å². The minimum Gasteiger partial charge on any atom is -1.00 e. The summed E-state index contributed by atoms with van der Waals surface area (Å²) >= 11 is 5.15. The third kappa shape index (κ3) is 18.7. The zero-order chi connectivity index (χ0) is 73.2. The molecule has 2 aliphatic heterocycles. The molecule has 74 heavy (non-hydrogen) atoms. The predicted molar refractivity (Wildman–Crippen MR) is 290 cm³/mol. The second-order valence-corrected chi connectivity index (χ2v) is 16.4. The zero-order valence-corrected chi connectivity index (χ0v) is 49.1. The van der Waals surface area contributed by atoms with Crippen LogP contribution in [-0.4, -0.2) is 124 Å². The van der Waals surface area contributed by atoms with Gasteiger partial charge in [-0.1, -0.05) is 28.1 Å². The smallest absolute Gasteiger partial charge is 1.00 e. The SMILES string of the molecule is Cl.O=CO[O-].[2H]c1c(OC([2H])(O)C([2H])([2H])C([2H])(O)C([2H])([2H])Br)c([2H])c2[nH]c(=O)c([2H])c([2H])c2c1[2H].[2H]c1cc([2H])c2sccc2c1N1CCN(C(O)(O)C([2H])([2H])C([2H])([2H])C([2H])([2H])Oc2c([2H])c([2H])c3c([2H])c([2H])c(=O)[nH]c3c2[2H])CC1.[2H]c1cc([2H])c2sccc2c1N1CCNCC1.[H-].[K+].[K+]. The summed E-state index contributed by atoms with van der Waals surface area (Å²) in [5.41, 5.74) is -1.87. The van der Waals surface area contributed by atoms with Crippen LogP contribution in [0.25, 0.3) is 42.0 Å². The van der Waals surface area contributed by atoms with Gasteiger partial charge in [0.1, 0.15) is 12.9 Å². The topological polar surface area (TPSA) is 236 Å². The molecule has 2 saturated heterocycles. The van der Waals surface area contributed by atoms with Gasteiger partial charge in [-0.25, -0.2) is 4.90 Å². The Labute approximate surface area is 573 Å². The number of benzene rings is 4. The number of piperazine rings is 2. The Morgan fingerprint density at radius 3 is 1.82 bits per heavy atom. The van der Waals surface area contributed by atoms with Crippen molar-refractivity contribution in [2.24, 2.45) is 0 Å². The van der Waals surface area contributed by atoms with E-state index in [1.165, 1.54) is 17.4 Å². The quantitative estimate of drug-likeness (QED) is 0.0190. The summed E-state index contributed by atoms with van der Waals surface area (Å²) in [6, 6.07) is -0.808. The fourth-order valence-electron chi connectivity index (χ4n) is 6.66. The molecule has 0 radical (unpaired) electrons. The molecule has 23 heteroatoms. The summed E-state index contributed by atoms with van der Waals surface area (Å²) in [5, 5.41) is 55.4. The van der Waals surface area contributed by atoms with Gasteiger partial charge >= 0.3 is 103 Å². The van der Waals surface area contributed by atoms with Crippen LogP contribution in [0.5, 0.6) is 11.5 Å². The number of ether oxygens (including phenoxy) is 2. The van der Waals surface area contributed by atoms with Gasteiger partial charge in [-0.3, -0.25) is 14.4 Å². The minimum absolute atomic E-state index is 0. The number of fused-ring (bicyclic) bond motifs is 4. The molecule has 2 unspecified atom stereocenters. The molecule has 0 bridgehead atoms. The van der Waals surface area contributed by atoms with E-state index in [4.69, 9.17) is 50.4 Å². The van der Waals surface area contributed by atoms with Crippen LogP contribution in [0.3, 0.4) is 0 Å². The van der Waals surface area contributed by atoms with Crippen LogP contribution in [0.2, 0.25) is 0 Å². The number of aromatic amines is 2. The third-order valence-corrected chi connectivity index (χ3v) is 11.8. The fraction of sp³-hybridized carbons (Fsp3) is 0.314. The molecule has 2 aliphatic rings. The van der Waals surface area contributed by atoms with Crippen LogP contribution < -0.4 is 144 Å². The summed E-state index contributed by atoms with van der Waals surface area (Å²) in [7, 11) is 0. The van der Waals surface area contributed by atoms with Crippen molar-refractivity contribution in [3.8, 4) is 11.5 Å². The molecule has 4 aromatic heterocycles. The van der Waals surface area contributed by atoms with Crippen molar-refractivity contribution < 1.29 is 185 Å². The maximum Gasteiger partial charge on any atom is 1.00 e. The van der Waals surface area contributed by atoms with E-state index < -0.39 is 154 Å². The summed E-state index contributed by atoms with van der Waals surface area (Å²) in [6.07, 6.45) is -19.5. The first-order valence-electron chi connectivity index (χ1n) is 33.5. The molecule has 0 aliphatic carbocycles. The molecule has 17 nitrogen and oxygen atoms in total. The summed E-state index contributed by atoms with van der Waals surface area (Å²) in [6.45, 7) is -0.664. The van der Waals surface area contributed by atoms with Crippen molar-refractivity contribution in [2.45, 2.75) is 37.4 Å². The number of H-pyrrole nitrogens is 2. The molecule has 2 atom stereocenters. The van der Waals surface area contributed by atoms with Gasteiger partial charge in [0.05, 0.1) is 47.0 Å². The van der Waals surface area contributed by atoms with Crippen LogP contribution >= 0.6 is 51.0 Å². The van der Waals surface area contributed by atoms with Crippen LogP contribution in [-0.2, 0) is 9.68 Å². The molecular weight excluding hydrogens is 1130 g/mol. The van der Waals surface area contributed by atoms with Crippen molar-refractivity contribution >= 4 is 111 Å². The molecule has 0 amide bonds. The Morgan fingerprint density at radius 2 is 1.30 bits per heavy atom. The second kappa shape index (κ2) is 32.5. The van der Waals surface area contributed by atoms with Crippen molar-refractivity contribution in [3.05, 3.63) is 140 Å². The largest absolute Gasteiger partial charge is 1.00 e. The number of aromatic nitrogens is 2. The first-order valence-corrected chi connectivity index (χ1v) is 23.1. The number of aliphatic hydroxyl groups is 4. The summed E-state index contributed by atoms with van der Waals surface area (Å²) in [4.78, 5) is 44.0. The molecule has 386 valence electrons. The predicted octanol–water partition coefficient (Wildman–Crippen LogP) is 0.0215. The van der Waals surface area contributed by atoms with E-state index in [0.717, 1.165) is 46.9 Å². The maximum absolute atomic E-state index is 12.1. The monoisotopic (exact) mass is 1210 g/mol. The van der Waals surface area contributed by atoms with Gasteiger partial charge in [-0.15, -0.1) is 35.1 Å². The molecule has 4 aromatic carbocycles. The van der Waals surface area contributed by atoms with Gasteiger partial charge in [0.25, 0.3) is 6.47 Å². The first-order chi connectivity index (χ1) is 44.6. The van der Waals surface area contributed by atoms with Gasteiger partial charge < -0.3 is 66.6 Å². The summed E-state index contributed by atoms with van der Waals surface area (Å²) < 4.78 is 219. The average Bonchev–Trinajstić information content (AvgIpc) is 0.955. The number of pyridine rings is 2. The van der Waals surface area contributed by atoms with Crippen LogP contribution in [0.4, 0.5) is 11.4 Å². The molecule has 2 fully saturated rings. The number of anilines is 2. The molecular formula is C51H58BrClK2N6O11S2. The van der Waals surface area contributed by atoms with Crippen molar-refractivity contribution in [2.75, 3.05) is 74.0 Å². The molecule has 8 aromatic rings. The van der Waals surface area contributed by atoms with Crippen molar-refractivity contribution in [1.82, 2.24) is 20.2 Å². The van der Waals surface area contributed by atoms with Gasteiger partial charge in [-0.2, -0.15) is 0 Å². The second-order valence-electron chi connectivity index (χ2n) is 14.2. The van der Waals surface area contributed by atoms with E-state index in [1.807, 2.05) is 16.4 Å². The number of thiophene rings is 2. The Hall–Kier alpha value is -2.35. The van der Waals surface area contributed by atoms with Crippen molar-refractivity contribution in [3.63, 3.8) is 0 Å². The molecule has 0 spiro atoms. The normalized spacial score (nSPS) is 21.2. The van der Waals surface area contributed by atoms with E-state index in [9.17, 15) is 30.0 Å². The minimum atomic E-state index is -3.96. The molecule has 6 heterocycles. The zero-order valence-electron chi connectivity index (χ0n) is 65.8. The standard InChI is InChI=1S/C25H27N3O4S.C13H14BrNO4.C12H14N2S.CH2O3.ClH.2K.H/c29-24-8-6-18-5-7-19(17-21(18)26-24)32-15-2-10-25(30,31)28-13-11-27(12-14-28)22-3-1-4-23-20(22)9-16-33-23;14-7-9(16)5-13(18)19-10-3-1-8-2-4-12(17)15-11(8)6-10;1-2-11(14-7-5-13-6-8-14)10-4-9-15-12(10)3-1;2-1-4-3;;;;/h1,3-9,16-17,30-31H,2,10-15H2,(H,26,29);1-4,6,9,13,16,18H,5,7H2,(H,15,17);1-4,9,13H,5-8H2;1,3H;1H;;;/q;;;;;2*+1;-1/p-1/i2D2,3D,4D,5D,6D,7D,8D,10D2,15D2,17D;1D,2D,3D,4D,5D2,6D,7D2,9D,13D;2D,3D;;;;;. The Balaban J connectivity index is 0.000000413. The molecule has 7 N–H and O–H groups in total. The van der Waals surface area contributed by atoms with Crippen molar-refractivity contribution in [1.29, 1.82) is 0 Å². The first kappa shape index (κ1) is 35.3. The van der Waals surface area contributed by atoms with Gasteiger partial charge in [0.2, 0.25) is 17.0 Å². The van der Waals surface area contributed by atoms with E-state index in [2.05, 4.69) is 40.8 Å². The van der Waals surface area contributed by atoms with E-state index in [0.29, 0.717) is 27.9 Å². The van der Waals surface area contributed by atoms with E-state index in [1.54, 1.807) is 33.7 Å². The van der Waals surface area contributed by atoms with Gasteiger partial charge in [0.15, 0.2) is 6.27 Å². The number of halogens is 2.